The van der Waals surface area contributed by atoms with Crippen LogP contribution in [0, 0.1) is 13.8 Å². The fourth-order valence-electron chi connectivity index (χ4n) is 3.42. The van der Waals surface area contributed by atoms with Crippen molar-refractivity contribution in [1.29, 1.82) is 0 Å². The number of nitrogens with zero attached hydrogens (tertiary/aromatic N) is 2. The number of aromatic amines is 1. The van der Waals surface area contributed by atoms with Gasteiger partial charge in [-0.2, -0.15) is 4.98 Å². The summed E-state index contributed by atoms with van der Waals surface area (Å²) in [5.41, 5.74) is 4.10. The number of pyridine rings is 1. The van der Waals surface area contributed by atoms with E-state index >= 15 is 0 Å². The summed E-state index contributed by atoms with van der Waals surface area (Å²) in [5.74, 6) is 0.426. The number of hydrogen-bond acceptors (Lipinski definition) is 5. The Morgan fingerprint density at radius 2 is 1.84 bits per heavy atom. The van der Waals surface area contributed by atoms with Gasteiger partial charge >= 0.3 is 0 Å². The first kappa shape index (κ1) is 20.5. The van der Waals surface area contributed by atoms with E-state index in [4.69, 9.17) is 4.52 Å². The Morgan fingerprint density at radius 3 is 2.61 bits per heavy atom. The Kier molecular flexibility index (Phi) is 5.66. The second-order valence-corrected chi connectivity index (χ2v) is 7.81. The lowest BCUT2D eigenvalue weighted by molar-refractivity contribution is -0.121. The highest BCUT2D eigenvalue weighted by molar-refractivity contribution is 5.82. The first-order chi connectivity index (χ1) is 14.9. The zero-order valence-corrected chi connectivity index (χ0v) is 17.7. The number of aromatic nitrogens is 3. The van der Waals surface area contributed by atoms with Gasteiger partial charge in [0, 0.05) is 18.4 Å². The number of H-pyrrole nitrogens is 1. The van der Waals surface area contributed by atoms with Crippen molar-refractivity contribution >= 4 is 16.8 Å². The van der Waals surface area contributed by atoms with Crippen molar-refractivity contribution in [1.82, 2.24) is 20.4 Å². The van der Waals surface area contributed by atoms with E-state index < -0.39 is 0 Å². The molecule has 2 N–H and O–H groups in total. The summed E-state index contributed by atoms with van der Waals surface area (Å²) in [6.07, 6.45) is 0.509. The number of carbonyl (C=O) groups is 1. The third-order valence-electron chi connectivity index (χ3n) is 5.23. The van der Waals surface area contributed by atoms with Crippen LogP contribution in [0.2, 0.25) is 0 Å². The second kappa shape index (κ2) is 8.55. The van der Waals surface area contributed by atoms with Gasteiger partial charge in [-0.25, -0.2) is 0 Å². The lowest BCUT2D eigenvalue weighted by Gasteiger charge is -2.14. The van der Waals surface area contributed by atoms with Crippen LogP contribution in [-0.2, 0) is 11.2 Å². The smallest absolute Gasteiger partial charge is 0.259 e. The molecule has 1 atom stereocenters. The molecule has 7 heteroatoms. The van der Waals surface area contributed by atoms with Crippen molar-refractivity contribution in [2.45, 2.75) is 39.7 Å². The summed E-state index contributed by atoms with van der Waals surface area (Å²) in [5, 5.41) is 7.79. The minimum absolute atomic E-state index is 0.0915. The molecule has 0 aliphatic heterocycles. The first-order valence-corrected chi connectivity index (χ1v) is 10.2. The maximum absolute atomic E-state index is 12.5. The zero-order valence-electron chi connectivity index (χ0n) is 17.7. The molecule has 0 spiro atoms. The van der Waals surface area contributed by atoms with Crippen molar-refractivity contribution in [3.8, 4) is 11.4 Å². The third-order valence-corrected chi connectivity index (χ3v) is 5.23. The van der Waals surface area contributed by atoms with Gasteiger partial charge in [-0.1, -0.05) is 47.1 Å². The molecule has 4 rings (SSSR count). The molecular formula is C24H24N4O3. The standard InChI is InChI=1S/C24H24N4O3/c1-14-4-7-17(8-5-14)16(3)25-21(29)10-11-22-27-23(28-31-22)19-13-18-9-6-15(2)12-20(18)26-24(19)30/h4-9,12-13,16H,10-11H2,1-3H3,(H,25,29)(H,26,30). The molecule has 0 aliphatic rings. The van der Waals surface area contributed by atoms with Crippen LogP contribution in [0.4, 0.5) is 0 Å². The van der Waals surface area contributed by atoms with E-state index in [0.717, 1.165) is 22.0 Å². The zero-order chi connectivity index (χ0) is 22.0. The quantitative estimate of drug-likeness (QED) is 0.495. The SMILES string of the molecule is Cc1ccc(C(C)NC(=O)CCc2nc(-c3cc4ccc(C)cc4[nH]c3=O)no2)cc1. The van der Waals surface area contributed by atoms with Gasteiger partial charge in [0.15, 0.2) is 0 Å². The highest BCUT2D eigenvalue weighted by atomic mass is 16.5. The molecule has 7 nitrogen and oxygen atoms in total. The van der Waals surface area contributed by atoms with Crippen LogP contribution in [-0.4, -0.2) is 21.0 Å². The van der Waals surface area contributed by atoms with Crippen molar-refractivity contribution in [3.05, 3.63) is 81.5 Å². The Hall–Kier alpha value is -3.74. The van der Waals surface area contributed by atoms with E-state index in [-0.39, 0.29) is 29.8 Å². The predicted octanol–water partition coefficient (Wildman–Crippen LogP) is 4.00. The van der Waals surface area contributed by atoms with E-state index in [1.54, 1.807) is 6.07 Å². The number of rotatable bonds is 6. The van der Waals surface area contributed by atoms with Crippen molar-refractivity contribution < 1.29 is 9.32 Å². The van der Waals surface area contributed by atoms with E-state index in [2.05, 4.69) is 20.4 Å². The first-order valence-electron chi connectivity index (χ1n) is 10.2. The lowest BCUT2D eigenvalue weighted by Crippen LogP contribution is -2.26. The van der Waals surface area contributed by atoms with Crippen molar-refractivity contribution in [3.63, 3.8) is 0 Å². The summed E-state index contributed by atoms with van der Waals surface area (Å²) >= 11 is 0. The molecule has 158 valence electrons. The van der Waals surface area contributed by atoms with Gasteiger partial charge in [0.05, 0.1) is 11.6 Å². The number of benzene rings is 2. The Balaban J connectivity index is 1.41. The van der Waals surface area contributed by atoms with E-state index in [1.165, 1.54) is 5.56 Å². The number of amides is 1. The largest absolute Gasteiger partial charge is 0.350 e. The second-order valence-electron chi connectivity index (χ2n) is 7.81. The number of fused-ring (bicyclic) bond motifs is 1. The summed E-state index contributed by atoms with van der Waals surface area (Å²) in [6, 6.07) is 15.5. The molecule has 31 heavy (non-hydrogen) atoms. The normalized spacial score (nSPS) is 12.1. The molecule has 0 saturated carbocycles. The van der Waals surface area contributed by atoms with Crippen LogP contribution in [0.5, 0.6) is 0 Å². The number of aryl methyl sites for hydroxylation is 3. The van der Waals surface area contributed by atoms with Crippen LogP contribution in [0.15, 0.2) is 57.8 Å². The maximum atomic E-state index is 12.5. The molecule has 0 saturated heterocycles. The van der Waals surface area contributed by atoms with Gasteiger partial charge < -0.3 is 14.8 Å². The molecular weight excluding hydrogens is 392 g/mol. The Bertz CT molecular complexity index is 1290. The Labute approximate surface area is 179 Å². The fraction of sp³-hybridized carbons (Fsp3) is 0.250. The summed E-state index contributed by atoms with van der Waals surface area (Å²) in [4.78, 5) is 31.9. The van der Waals surface area contributed by atoms with Gasteiger partial charge in [0.1, 0.15) is 0 Å². The van der Waals surface area contributed by atoms with Gasteiger partial charge in [-0.3, -0.25) is 9.59 Å². The molecule has 0 bridgehead atoms. The third kappa shape index (κ3) is 4.71. The van der Waals surface area contributed by atoms with Crippen LogP contribution in [0.1, 0.15) is 42.0 Å². The highest BCUT2D eigenvalue weighted by Crippen LogP contribution is 2.19. The minimum Gasteiger partial charge on any atom is -0.350 e. The highest BCUT2D eigenvalue weighted by Gasteiger charge is 2.15. The lowest BCUT2D eigenvalue weighted by atomic mass is 10.1. The summed E-state index contributed by atoms with van der Waals surface area (Å²) in [6.45, 7) is 5.94. The molecule has 2 aromatic carbocycles. The van der Waals surface area contributed by atoms with Gasteiger partial charge in [-0.05, 0) is 49.4 Å². The fourth-order valence-corrected chi connectivity index (χ4v) is 3.42. The van der Waals surface area contributed by atoms with E-state index in [0.29, 0.717) is 17.9 Å². The van der Waals surface area contributed by atoms with Gasteiger partial charge in [0.25, 0.3) is 5.56 Å². The molecule has 2 aromatic heterocycles. The molecule has 1 unspecified atom stereocenters. The predicted molar refractivity (Wildman–Crippen MR) is 119 cm³/mol. The van der Waals surface area contributed by atoms with Crippen LogP contribution in [0.3, 0.4) is 0 Å². The minimum atomic E-state index is -0.282. The van der Waals surface area contributed by atoms with E-state index in [1.807, 2.05) is 63.2 Å². The average Bonchev–Trinajstić information content (AvgIpc) is 3.21. The molecule has 0 fully saturated rings. The molecule has 4 aromatic rings. The number of hydrogen-bond donors (Lipinski definition) is 2. The molecule has 0 aliphatic carbocycles. The van der Waals surface area contributed by atoms with Crippen LogP contribution < -0.4 is 10.9 Å². The van der Waals surface area contributed by atoms with Gasteiger partial charge in [-0.15, -0.1) is 0 Å². The Morgan fingerprint density at radius 1 is 1.10 bits per heavy atom. The number of carbonyl (C=O) groups excluding carboxylic acids is 1. The summed E-state index contributed by atoms with van der Waals surface area (Å²) < 4.78 is 5.26. The topological polar surface area (TPSA) is 101 Å². The van der Waals surface area contributed by atoms with Crippen molar-refractivity contribution in [2.24, 2.45) is 0 Å². The van der Waals surface area contributed by atoms with Crippen LogP contribution in [0.25, 0.3) is 22.3 Å². The van der Waals surface area contributed by atoms with Crippen molar-refractivity contribution in [2.75, 3.05) is 0 Å². The van der Waals surface area contributed by atoms with Crippen LogP contribution >= 0.6 is 0 Å². The van der Waals surface area contributed by atoms with Gasteiger partial charge in [0.2, 0.25) is 17.6 Å². The molecule has 2 heterocycles. The maximum Gasteiger partial charge on any atom is 0.259 e. The monoisotopic (exact) mass is 416 g/mol. The number of nitrogens with one attached hydrogen (secondary N) is 2. The summed E-state index contributed by atoms with van der Waals surface area (Å²) in [7, 11) is 0. The van der Waals surface area contributed by atoms with E-state index in [9.17, 15) is 9.59 Å². The molecule has 0 radical (unpaired) electrons. The molecule has 1 amide bonds. The average molecular weight is 416 g/mol.